The fraction of sp³-hybridized carbons (Fsp3) is 0.440. The molecule has 0 heterocycles. The Morgan fingerprint density at radius 2 is 1.54 bits per heavy atom. The van der Waals surface area contributed by atoms with E-state index in [0.29, 0.717) is 24.0 Å². The minimum absolute atomic E-state index is 0.0208. The van der Waals surface area contributed by atoms with Gasteiger partial charge in [0.05, 0.1) is 0 Å². The van der Waals surface area contributed by atoms with E-state index in [-0.39, 0.29) is 50.7 Å². The summed E-state index contributed by atoms with van der Waals surface area (Å²) >= 11 is 0. The van der Waals surface area contributed by atoms with Gasteiger partial charge in [0.2, 0.25) is 23.6 Å². The smallest absolute Gasteiger partial charge is 0.243 e. The molecule has 1 unspecified atom stereocenters. The lowest BCUT2D eigenvalue weighted by Gasteiger charge is -2.24. The van der Waals surface area contributed by atoms with E-state index in [1.54, 1.807) is 24.3 Å². The Morgan fingerprint density at radius 3 is 2.08 bits per heavy atom. The number of carbonyl (C=O) groups is 4. The van der Waals surface area contributed by atoms with E-state index >= 15 is 0 Å². The van der Waals surface area contributed by atoms with E-state index in [9.17, 15) is 19.2 Å². The summed E-state index contributed by atoms with van der Waals surface area (Å²) in [7, 11) is 0. The number of guanidine groups is 1. The van der Waals surface area contributed by atoms with Crippen molar-refractivity contribution in [2.24, 2.45) is 39.6 Å². The van der Waals surface area contributed by atoms with E-state index < -0.39 is 41.6 Å². The van der Waals surface area contributed by atoms with Gasteiger partial charge in [-0.3, -0.25) is 29.6 Å². The maximum absolute atomic E-state index is 13.3. The standard InChI is InChI=1S/C25H40N10O4/c1-2-12-32-22(37)17(14-15-7-9-16(10-8-15)20(27)28)23(38)35-19(5-3-11-26)24(39)34-18(21(29)36)6-4-13-33-25(30)31/h2,7-10,17-19H,1,3-6,11-14,26H2,(H3,27,28)(H2,29,36)(H,32,37)(H,34,39)(H,35,38)(H4,30,31,33)/t17?,18-,19-/m0/s1. The summed E-state index contributed by atoms with van der Waals surface area (Å²) in [6.07, 6.45) is 2.61. The molecule has 14 heteroatoms. The fourth-order valence-electron chi connectivity index (χ4n) is 3.58. The Kier molecular flexibility index (Phi) is 14.3. The zero-order valence-electron chi connectivity index (χ0n) is 21.9. The third kappa shape index (κ3) is 12.1. The zero-order chi connectivity index (χ0) is 29.4. The first kappa shape index (κ1) is 32.6. The van der Waals surface area contributed by atoms with Gasteiger partial charge in [-0.2, -0.15) is 0 Å². The van der Waals surface area contributed by atoms with Crippen LogP contribution in [0.5, 0.6) is 0 Å². The van der Waals surface area contributed by atoms with Gasteiger partial charge in [0.15, 0.2) is 5.96 Å². The van der Waals surface area contributed by atoms with Crippen molar-refractivity contribution in [1.29, 1.82) is 5.41 Å². The van der Waals surface area contributed by atoms with Gasteiger partial charge in [0.1, 0.15) is 23.8 Å². The van der Waals surface area contributed by atoms with Crippen LogP contribution in [0, 0.1) is 11.3 Å². The molecule has 0 fully saturated rings. The number of carbonyl (C=O) groups excluding carboxylic acids is 4. The number of aliphatic imine (C=N–C) groups is 1. The largest absolute Gasteiger partial charge is 0.384 e. The highest BCUT2D eigenvalue weighted by Crippen LogP contribution is 2.13. The number of hydrogen-bond donors (Lipinski definition) is 9. The molecule has 0 spiro atoms. The molecule has 0 radical (unpaired) electrons. The molecule has 4 amide bonds. The molecule has 14 nitrogen and oxygen atoms in total. The maximum atomic E-state index is 13.3. The van der Waals surface area contributed by atoms with E-state index in [2.05, 4.69) is 27.5 Å². The number of rotatable bonds is 18. The summed E-state index contributed by atoms with van der Waals surface area (Å²) in [6, 6.07) is 4.46. The molecule has 0 bridgehead atoms. The second-order valence-electron chi connectivity index (χ2n) is 8.81. The fourth-order valence-corrected chi connectivity index (χ4v) is 3.58. The molecule has 1 rings (SSSR count). The molecule has 214 valence electrons. The number of benzene rings is 1. The second-order valence-corrected chi connectivity index (χ2v) is 8.81. The van der Waals surface area contributed by atoms with Crippen LogP contribution in [0.3, 0.4) is 0 Å². The van der Waals surface area contributed by atoms with Crippen LogP contribution >= 0.6 is 0 Å². The zero-order valence-corrected chi connectivity index (χ0v) is 21.9. The SMILES string of the molecule is C=CCNC(=O)C(Cc1ccc(C(=N)N)cc1)C(=O)N[C@@H](CCCN)C(=O)N[C@@H](CCCN=C(N)N)C(N)=O. The molecule has 1 aromatic carbocycles. The van der Waals surface area contributed by atoms with E-state index in [4.69, 9.17) is 34.1 Å². The molecular formula is C25H40N10O4. The van der Waals surface area contributed by atoms with Crippen molar-refractivity contribution in [2.45, 2.75) is 44.2 Å². The number of nitrogens with two attached hydrogens (primary N) is 5. The summed E-state index contributed by atoms with van der Waals surface area (Å²) in [4.78, 5) is 55.0. The molecule has 14 N–H and O–H groups in total. The van der Waals surface area contributed by atoms with Crippen LogP contribution < -0.4 is 44.6 Å². The van der Waals surface area contributed by atoms with E-state index in [0.717, 1.165) is 0 Å². The summed E-state index contributed by atoms with van der Waals surface area (Å²) in [5, 5.41) is 15.3. The molecule has 0 aliphatic heterocycles. The lowest BCUT2D eigenvalue weighted by molar-refractivity contribution is -0.138. The molecule has 0 saturated carbocycles. The highest BCUT2D eigenvalue weighted by atomic mass is 16.2. The molecule has 0 saturated heterocycles. The molecule has 0 aliphatic carbocycles. The van der Waals surface area contributed by atoms with Crippen molar-refractivity contribution in [3.63, 3.8) is 0 Å². The minimum atomic E-state index is -1.19. The molecule has 0 aromatic heterocycles. The number of amidine groups is 1. The van der Waals surface area contributed by atoms with Gasteiger partial charge in [-0.05, 0) is 44.2 Å². The maximum Gasteiger partial charge on any atom is 0.243 e. The van der Waals surface area contributed by atoms with Gasteiger partial charge >= 0.3 is 0 Å². The Hall–Kier alpha value is -4.46. The average molecular weight is 545 g/mol. The summed E-state index contributed by atoms with van der Waals surface area (Å²) < 4.78 is 0. The van der Waals surface area contributed by atoms with Crippen molar-refractivity contribution in [1.82, 2.24) is 16.0 Å². The first-order valence-electron chi connectivity index (χ1n) is 12.5. The van der Waals surface area contributed by atoms with Crippen molar-refractivity contribution in [2.75, 3.05) is 19.6 Å². The van der Waals surface area contributed by atoms with Crippen molar-refractivity contribution >= 4 is 35.4 Å². The predicted molar refractivity (Wildman–Crippen MR) is 149 cm³/mol. The van der Waals surface area contributed by atoms with Crippen LogP contribution in [0.25, 0.3) is 0 Å². The molecule has 39 heavy (non-hydrogen) atoms. The highest BCUT2D eigenvalue weighted by Gasteiger charge is 2.31. The number of nitrogens with zero attached hydrogens (tertiary/aromatic N) is 1. The Balaban J connectivity index is 3.07. The van der Waals surface area contributed by atoms with Gasteiger partial charge in [0.25, 0.3) is 0 Å². The van der Waals surface area contributed by atoms with Crippen molar-refractivity contribution in [3.05, 3.63) is 48.0 Å². The van der Waals surface area contributed by atoms with Crippen LogP contribution in [0.15, 0.2) is 41.9 Å². The number of nitrogens with one attached hydrogen (secondary N) is 4. The second kappa shape index (κ2) is 17.1. The van der Waals surface area contributed by atoms with Gasteiger partial charge in [-0.15, -0.1) is 6.58 Å². The van der Waals surface area contributed by atoms with Gasteiger partial charge < -0.3 is 44.6 Å². The lowest BCUT2D eigenvalue weighted by Crippen LogP contribution is -2.55. The monoisotopic (exact) mass is 544 g/mol. The van der Waals surface area contributed by atoms with Crippen LogP contribution in [0.4, 0.5) is 0 Å². The number of hydrogen-bond acceptors (Lipinski definition) is 7. The van der Waals surface area contributed by atoms with Crippen LogP contribution in [-0.4, -0.2) is 67.1 Å². The topological polar surface area (TPSA) is 271 Å². The minimum Gasteiger partial charge on any atom is -0.384 e. The molecule has 0 aliphatic rings. The van der Waals surface area contributed by atoms with Gasteiger partial charge in [-0.25, -0.2) is 0 Å². The lowest BCUT2D eigenvalue weighted by atomic mass is 9.95. The van der Waals surface area contributed by atoms with Crippen LogP contribution in [0.1, 0.15) is 36.8 Å². The van der Waals surface area contributed by atoms with E-state index in [1.165, 1.54) is 6.08 Å². The number of nitrogen functional groups attached to an aromatic ring is 1. The summed E-state index contributed by atoms with van der Waals surface area (Å²) in [5.41, 5.74) is 28.3. The Labute approximate surface area is 227 Å². The van der Waals surface area contributed by atoms with E-state index in [1.807, 2.05) is 0 Å². The highest BCUT2D eigenvalue weighted by molar-refractivity contribution is 6.02. The normalized spacial score (nSPS) is 12.7. The van der Waals surface area contributed by atoms with Crippen molar-refractivity contribution < 1.29 is 19.2 Å². The van der Waals surface area contributed by atoms with Crippen molar-refractivity contribution in [3.8, 4) is 0 Å². The third-order valence-electron chi connectivity index (χ3n) is 5.69. The Morgan fingerprint density at radius 1 is 0.923 bits per heavy atom. The first-order chi connectivity index (χ1) is 18.5. The molecule has 3 atom stereocenters. The van der Waals surface area contributed by atoms with Gasteiger partial charge in [-0.1, -0.05) is 30.3 Å². The number of primary amides is 1. The summed E-state index contributed by atoms with van der Waals surface area (Å²) in [5.74, 6) is -4.04. The van der Waals surface area contributed by atoms with Crippen LogP contribution in [-0.2, 0) is 25.6 Å². The molecular weight excluding hydrogens is 504 g/mol. The Bertz CT molecular complexity index is 1040. The quantitative estimate of drug-likeness (QED) is 0.0317. The number of amides is 4. The van der Waals surface area contributed by atoms with Gasteiger partial charge in [0, 0.05) is 18.7 Å². The predicted octanol–water partition coefficient (Wildman–Crippen LogP) is -2.32. The average Bonchev–Trinajstić information content (AvgIpc) is 2.89. The first-order valence-corrected chi connectivity index (χ1v) is 12.5. The molecule has 1 aromatic rings. The summed E-state index contributed by atoms with van der Waals surface area (Å²) in [6.45, 7) is 4.20. The third-order valence-corrected chi connectivity index (χ3v) is 5.69. The van der Waals surface area contributed by atoms with Crippen LogP contribution in [0.2, 0.25) is 0 Å².